The minimum absolute atomic E-state index is 0.105. The van der Waals surface area contributed by atoms with Gasteiger partial charge in [0.1, 0.15) is 23.3 Å². The van der Waals surface area contributed by atoms with Crippen LogP contribution in [0, 0.1) is 18.3 Å². The lowest BCUT2D eigenvalue weighted by Crippen LogP contribution is -2.03. The van der Waals surface area contributed by atoms with Crippen LogP contribution in [0.5, 0.6) is 5.75 Å². The van der Waals surface area contributed by atoms with Gasteiger partial charge in [0.25, 0.3) is 0 Å². The number of aryl methyl sites for hydroxylation is 1. The van der Waals surface area contributed by atoms with Crippen molar-refractivity contribution in [3.63, 3.8) is 0 Å². The van der Waals surface area contributed by atoms with Crippen molar-refractivity contribution in [3.8, 4) is 11.8 Å². The van der Waals surface area contributed by atoms with Gasteiger partial charge in [-0.05, 0) is 48.4 Å². The Balaban J connectivity index is 1.77. The maximum Gasteiger partial charge on any atom is 0.216 e. The van der Waals surface area contributed by atoms with E-state index in [-0.39, 0.29) is 9.80 Å². The van der Waals surface area contributed by atoms with Gasteiger partial charge in [0.2, 0.25) is 9.84 Å². The number of sulfone groups is 1. The van der Waals surface area contributed by atoms with E-state index in [1.807, 2.05) is 43.3 Å². The normalized spacial score (nSPS) is 11.6. The number of allylic oxidation sites excluding steroid dienone is 1. The zero-order valence-corrected chi connectivity index (χ0v) is 16.2. The smallest absolute Gasteiger partial charge is 0.216 e. The molecule has 0 radical (unpaired) electrons. The van der Waals surface area contributed by atoms with Gasteiger partial charge < -0.3 is 4.74 Å². The van der Waals surface area contributed by atoms with Crippen LogP contribution in [0.15, 0.2) is 88.7 Å². The fourth-order valence-electron chi connectivity index (χ4n) is 2.57. The molecule has 5 heteroatoms. The molecule has 0 saturated heterocycles. The average molecular weight is 389 g/mol. The summed E-state index contributed by atoms with van der Waals surface area (Å²) in [5.74, 6) is 0.668. The second-order valence-corrected chi connectivity index (χ2v) is 8.20. The minimum atomic E-state index is -3.85. The summed E-state index contributed by atoms with van der Waals surface area (Å²) in [4.78, 5) is -0.192. The summed E-state index contributed by atoms with van der Waals surface area (Å²) in [6, 6.07) is 25.0. The molecule has 0 bridgehead atoms. The van der Waals surface area contributed by atoms with Gasteiger partial charge in [0, 0.05) is 0 Å². The third-order valence-electron chi connectivity index (χ3n) is 4.16. The predicted molar refractivity (Wildman–Crippen MR) is 109 cm³/mol. The van der Waals surface area contributed by atoms with Crippen molar-refractivity contribution in [2.75, 3.05) is 0 Å². The lowest BCUT2D eigenvalue weighted by molar-refractivity contribution is 0.306. The molecular formula is C23H19NO3S. The number of nitrogens with zero attached hydrogens (tertiary/aromatic N) is 1. The molecule has 0 N–H and O–H groups in total. The Bertz CT molecular complexity index is 1110. The SMILES string of the molecule is Cc1ccc(S(=O)(=O)C(C#N)=Cc2ccc(OCc3ccccc3)cc2)cc1. The van der Waals surface area contributed by atoms with Crippen molar-refractivity contribution in [2.45, 2.75) is 18.4 Å². The van der Waals surface area contributed by atoms with Gasteiger partial charge in [0.05, 0.1) is 4.90 Å². The molecule has 0 fully saturated rings. The van der Waals surface area contributed by atoms with Crippen molar-refractivity contribution in [2.24, 2.45) is 0 Å². The number of benzene rings is 3. The number of hydrogen-bond acceptors (Lipinski definition) is 4. The molecule has 0 heterocycles. The Hall–Kier alpha value is -3.36. The Morgan fingerprint density at radius 1 is 0.964 bits per heavy atom. The molecule has 140 valence electrons. The van der Waals surface area contributed by atoms with Crippen LogP contribution in [0.3, 0.4) is 0 Å². The molecule has 3 rings (SSSR count). The zero-order valence-electron chi connectivity index (χ0n) is 15.4. The minimum Gasteiger partial charge on any atom is -0.489 e. The van der Waals surface area contributed by atoms with Crippen molar-refractivity contribution < 1.29 is 13.2 Å². The fraction of sp³-hybridized carbons (Fsp3) is 0.0870. The molecule has 0 aromatic heterocycles. The molecule has 0 aliphatic carbocycles. The molecule has 0 spiro atoms. The van der Waals surface area contributed by atoms with Crippen molar-refractivity contribution in [3.05, 3.63) is 100 Å². The summed E-state index contributed by atoms with van der Waals surface area (Å²) in [5.41, 5.74) is 2.62. The maximum atomic E-state index is 12.7. The van der Waals surface area contributed by atoms with Crippen LogP contribution in [-0.4, -0.2) is 8.42 Å². The zero-order chi connectivity index (χ0) is 20.0. The molecule has 28 heavy (non-hydrogen) atoms. The number of ether oxygens (including phenoxy) is 1. The van der Waals surface area contributed by atoms with Gasteiger partial charge in [-0.3, -0.25) is 0 Å². The summed E-state index contributed by atoms with van der Waals surface area (Å²) < 4.78 is 31.1. The highest BCUT2D eigenvalue weighted by Crippen LogP contribution is 2.23. The molecule has 0 unspecified atom stereocenters. The van der Waals surface area contributed by atoms with Crippen molar-refractivity contribution in [1.29, 1.82) is 5.26 Å². The third kappa shape index (κ3) is 4.67. The Morgan fingerprint density at radius 2 is 1.61 bits per heavy atom. The first-order valence-electron chi connectivity index (χ1n) is 8.69. The van der Waals surface area contributed by atoms with E-state index in [1.54, 1.807) is 36.4 Å². The van der Waals surface area contributed by atoms with Crippen LogP contribution >= 0.6 is 0 Å². The van der Waals surface area contributed by atoms with Crippen LogP contribution < -0.4 is 4.74 Å². The van der Waals surface area contributed by atoms with Gasteiger partial charge in [-0.2, -0.15) is 5.26 Å². The van der Waals surface area contributed by atoms with E-state index in [0.717, 1.165) is 11.1 Å². The second kappa shape index (κ2) is 8.55. The molecule has 3 aromatic carbocycles. The molecule has 0 aliphatic rings. The predicted octanol–water partition coefficient (Wildman–Crippen LogP) is 4.91. The van der Waals surface area contributed by atoms with Crippen molar-refractivity contribution in [1.82, 2.24) is 0 Å². The van der Waals surface area contributed by atoms with Gasteiger partial charge in [-0.15, -0.1) is 0 Å². The number of hydrogen-bond donors (Lipinski definition) is 0. The largest absolute Gasteiger partial charge is 0.489 e. The molecule has 0 atom stereocenters. The molecule has 0 aliphatic heterocycles. The van der Waals surface area contributed by atoms with Gasteiger partial charge in [-0.1, -0.05) is 60.2 Å². The van der Waals surface area contributed by atoms with Crippen LogP contribution in [0.25, 0.3) is 6.08 Å². The van der Waals surface area contributed by atoms with Gasteiger partial charge in [-0.25, -0.2) is 8.42 Å². The number of rotatable bonds is 6. The van der Waals surface area contributed by atoms with Crippen LogP contribution in [0.4, 0.5) is 0 Å². The summed E-state index contributed by atoms with van der Waals surface area (Å²) in [6.45, 7) is 2.32. The Morgan fingerprint density at radius 3 is 2.21 bits per heavy atom. The van der Waals surface area contributed by atoms with Crippen molar-refractivity contribution >= 4 is 15.9 Å². The summed E-state index contributed by atoms with van der Waals surface area (Å²) in [7, 11) is -3.85. The quantitative estimate of drug-likeness (QED) is 0.562. The van der Waals surface area contributed by atoms with E-state index >= 15 is 0 Å². The lowest BCUT2D eigenvalue weighted by atomic mass is 10.2. The first-order chi connectivity index (χ1) is 13.5. The third-order valence-corrected chi connectivity index (χ3v) is 5.84. The maximum absolute atomic E-state index is 12.7. The van der Waals surface area contributed by atoms with Crippen LogP contribution in [0.2, 0.25) is 0 Å². The van der Waals surface area contributed by atoms with E-state index in [9.17, 15) is 13.7 Å². The topological polar surface area (TPSA) is 67.2 Å². The van der Waals surface area contributed by atoms with Crippen LogP contribution in [-0.2, 0) is 16.4 Å². The summed E-state index contributed by atoms with van der Waals surface area (Å²) >= 11 is 0. The van der Waals surface area contributed by atoms with E-state index in [1.165, 1.54) is 18.2 Å². The monoisotopic (exact) mass is 389 g/mol. The Kier molecular flexibility index (Phi) is 5.93. The molecule has 0 amide bonds. The van der Waals surface area contributed by atoms with E-state index in [2.05, 4.69) is 0 Å². The molecule has 4 nitrogen and oxygen atoms in total. The average Bonchev–Trinajstić information content (AvgIpc) is 2.72. The van der Waals surface area contributed by atoms with E-state index in [4.69, 9.17) is 4.74 Å². The van der Waals surface area contributed by atoms with Gasteiger partial charge >= 0.3 is 0 Å². The molecular weight excluding hydrogens is 370 g/mol. The molecule has 3 aromatic rings. The second-order valence-electron chi connectivity index (χ2n) is 6.28. The summed E-state index contributed by atoms with van der Waals surface area (Å²) in [6.07, 6.45) is 1.37. The molecule has 0 saturated carbocycles. The fourth-order valence-corrected chi connectivity index (χ4v) is 3.73. The Labute approximate surface area is 165 Å². The standard InChI is InChI=1S/C23H19NO3S/c1-18-7-13-22(14-8-18)28(25,26)23(16-24)15-19-9-11-21(12-10-19)27-17-20-5-3-2-4-6-20/h2-15H,17H2,1H3. The lowest BCUT2D eigenvalue weighted by Gasteiger charge is -2.07. The van der Waals surface area contributed by atoms with E-state index in [0.29, 0.717) is 17.9 Å². The highest BCUT2D eigenvalue weighted by atomic mass is 32.2. The first kappa shape index (κ1) is 19.4. The highest BCUT2D eigenvalue weighted by molar-refractivity contribution is 7.95. The number of nitriles is 1. The first-order valence-corrected chi connectivity index (χ1v) is 10.2. The summed E-state index contributed by atoms with van der Waals surface area (Å²) in [5, 5.41) is 9.38. The van der Waals surface area contributed by atoms with Gasteiger partial charge in [0.15, 0.2) is 0 Å². The van der Waals surface area contributed by atoms with Crippen LogP contribution in [0.1, 0.15) is 16.7 Å². The van der Waals surface area contributed by atoms with E-state index < -0.39 is 9.84 Å². The highest BCUT2D eigenvalue weighted by Gasteiger charge is 2.20.